The Balaban J connectivity index is 2.97. The van der Waals surface area contributed by atoms with Gasteiger partial charge in [0.25, 0.3) is 0 Å². The van der Waals surface area contributed by atoms with Crippen molar-refractivity contribution in [2.24, 2.45) is 5.14 Å². The number of unbranched alkanes of at least 4 members (excludes halogenated alkanes) is 1. The van der Waals surface area contributed by atoms with Gasteiger partial charge in [0.15, 0.2) is 0 Å². The fourth-order valence-electron chi connectivity index (χ4n) is 1.64. The van der Waals surface area contributed by atoms with Crippen LogP contribution < -0.4 is 15.6 Å². The van der Waals surface area contributed by atoms with Gasteiger partial charge in [-0.25, -0.2) is 13.6 Å². The van der Waals surface area contributed by atoms with Crippen LogP contribution in [0.3, 0.4) is 0 Å². The number of primary sulfonamides is 1. The lowest BCUT2D eigenvalue weighted by atomic mass is 10.2. The Bertz CT molecular complexity index is 609. The summed E-state index contributed by atoms with van der Waals surface area (Å²) in [7, 11) is -4.07. The van der Waals surface area contributed by atoms with Crippen LogP contribution in [0.1, 0.15) is 18.4 Å². The van der Waals surface area contributed by atoms with Crippen molar-refractivity contribution in [3.8, 4) is 11.8 Å². The number of rotatable bonds is 7. The smallest absolute Gasteiger partial charge is 0.241 e. The number of thioether (sulfide) groups is 1. The first-order valence-electron chi connectivity index (χ1n) is 5.89. The summed E-state index contributed by atoms with van der Waals surface area (Å²) in [6.45, 7) is 0.406. The molecule has 0 spiro atoms. The minimum absolute atomic E-state index is 0.0567. The molecule has 0 aliphatic carbocycles. The molecular weight excluding hydrogens is 298 g/mol. The maximum absolute atomic E-state index is 11.5. The lowest BCUT2D eigenvalue weighted by Gasteiger charge is -2.12. The maximum Gasteiger partial charge on any atom is 0.241 e. The average Bonchev–Trinajstić information content (AvgIpc) is 2.38. The summed E-state index contributed by atoms with van der Waals surface area (Å²) in [5.74, 6) is 1.22. The van der Waals surface area contributed by atoms with E-state index in [-0.39, 0.29) is 21.9 Å². The Hall–Kier alpha value is -1.43. The standard InChI is InChI=1S/C12H17N3O3S2/c1-19-7-3-2-6-18-11-5-4-10(14)12(9(11)8-13)20(15,16)17/h4-5H,2-3,6-7,14H2,1H3,(H2,15,16,17). The van der Waals surface area contributed by atoms with Crippen molar-refractivity contribution in [1.82, 2.24) is 0 Å². The third-order valence-corrected chi connectivity index (χ3v) is 4.25. The molecule has 0 aliphatic heterocycles. The minimum Gasteiger partial charge on any atom is -0.492 e. The summed E-state index contributed by atoms with van der Waals surface area (Å²) in [5, 5.41) is 14.2. The van der Waals surface area contributed by atoms with Crippen molar-refractivity contribution < 1.29 is 13.2 Å². The monoisotopic (exact) mass is 315 g/mol. The van der Waals surface area contributed by atoms with Gasteiger partial charge in [0.2, 0.25) is 10.0 Å². The van der Waals surface area contributed by atoms with Gasteiger partial charge in [-0.3, -0.25) is 0 Å². The van der Waals surface area contributed by atoms with Crippen LogP contribution in [0.5, 0.6) is 5.75 Å². The number of hydrogen-bond donors (Lipinski definition) is 2. The fourth-order valence-corrected chi connectivity index (χ4v) is 2.96. The summed E-state index contributed by atoms with van der Waals surface area (Å²) >= 11 is 1.74. The topological polar surface area (TPSA) is 119 Å². The van der Waals surface area contributed by atoms with Gasteiger partial charge in [-0.05, 0) is 37.0 Å². The van der Waals surface area contributed by atoms with Crippen LogP contribution in [0, 0.1) is 11.3 Å². The SMILES string of the molecule is CSCCCCOc1ccc(N)c(S(N)(=O)=O)c1C#N. The van der Waals surface area contributed by atoms with Gasteiger partial charge in [0.05, 0.1) is 12.3 Å². The van der Waals surface area contributed by atoms with E-state index in [1.54, 1.807) is 17.8 Å². The number of nitrogens with zero attached hydrogens (tertiary/aromatic N) is 1. The fraction of sp³-hybridized carbons (Fsp3) is 0.417. The molecule has 0 aliphatic rings. The van der Waals surface area contributed by atoms with Crippen LogP contribution in [0.2, 0.25) is 0 Å². The molecule has 0 unspecified atom stereocenters. The maximum atomic E-state index is 11.5. The molecule has 0 heterocycles. The highest BCUT2D eigenvalue weighted by atomic mass is 32.2. The Morgan fingerprint density at radius 3 is 2.65 bits per heavy atom. The normalized spacial score (nSPS) is 11.1. The molecule has 0 amide bonds. The molecule has 1 rings (SSSR count). The molecule has 8 heteroatoms. The molecule has 0 saturated heterocycles. The molecule has 0 atom stereocenters. The second-order valence-corrected chi connectivity index (χ2v) is 6.55. The van der Waals surface area contributed by atoms with Gasteiger partial charge >= 0.3 is 0 Å². The molecule has 0 bridgehead atoms. The van der Waals surface area contributed by atoms with E-state index in [1.807, 2.05) is 6.26 Å². The van der Waals surface area contributed by atoms with Gasteiger partial charge in [-0.15, -0.1) is 0 Å². The van der Waals surface area contributed by atoms with Crippen LogP contribution in [0.4, 0.5) is 5.69 Å². The molecule has 0 fully saturated rings. The first-order chi connectivity index (χ1) is 9.41. The number of nitrogen functional groups attached to an aromatic ring is 1. The van der Waals surface area contributed by atoms with Crippen molar-refractivity contribution in [3.05, 3.63) is 17.7 Å². The lowest BCUT2D eigenvalue weighted by molar-refractivity contribution is 0.308. The molecular formula is C12H17N3O3S2. The van der Waals surface area contributed by atoms with Crippen LogP contribution in [-0.4, -0.2) is 27.0 Å². The van der Waals surface area contributed by atoms with Crippen molar-refractivity contribution in [1.29, 1.82) is 5.26 Å². The van der Waals surface area contributed by atoms with Crippen LogP contribution >= 0.6 is 11.8 Å². The summed E-state index contributed by atoms with van der Waals surface area (Å²) in [4.78, 5) is -0.374. The van der Waals surface area contributed by atoms with Gasteiger partial charge < -0.3 is 10.5 Å². The molecule has 1 aromatic carbocycles. The Labute approximate surface area is 123 Å². The summed E-state index contributed by atoms with van der Waals surface area (Å²) < 4.78 is 28.4. The summed E-state index contributed by atoms with van der Waals surface area (Å²) in [6, 6.07) is 4.65. The minimum atomic E-state index is -4.07. The zero-order valence-electron chi connectivity index (χ0n) is 11.1. The zero-order valence-corrected chi connectivity index (χ0v) is 12.8. The second-order valence-electron chi connectivity index (χ2n) is 4.06. The molecule has 4 N–H and O–H groups in total. The molecule has 0 radical (unpaired) electrons. The molecule has 110 valence electrons. The van der Waals surface area contributed by atoms with Crippen LogP contribution in [-0.2, 0) is 10.0 Å². The number of nitriles is 1. The molecule has 0 aromatic heterocycles. The first-order valence-corrected chi connectivity index (χ1v) is 8.83. The molecule has 6 nitrogen and oxygen atoms in total. The van der Waals surface area contributed by atoms with E-state index in [4.69, 9.17) is 20.9 Å². The number of nitrogens with two attached hydrogens (primary N) is 2. The summed E-state index contributed by atoms with van der Waals surface area (Å²) in [6.07, 6.45) is 3.83. The average molecular weight is 315 g/mol. The van der Waals surface area contributed by atoms with Gasteiger partial charge in [-0.1, -0.05) is 0 Å². The number of sulfonamides is 1. The Kier molecular flexibility index (Phi) is 6.13. The molecule has 20 heavy (non-hydrogen) atoms. The van der Waals surface area contributed by atoms with E-state index in [2.05, 4.69) is 0 Å². The predicted octanol–water partition coefficient (Wildman–Crippen LogP) is 1.31. The van der Waals surface area contributed by atoms with E-state index < -0.39 is 10.0 Å². The predicted molar refractivity (Wildman–Crippen MR) is 80.1 cm³/mol. The third kappa shape index (κ3) is 4.30. The molecule has 1 aromatic rings. The van der Waals surface area contributed by atoms with Gasteiger partial charge in [0.1, 0.15) is 22.3 Å². The second kappa shape index (κ2) is 7.38. The van der Waals surface area contributed by atoms with Crippen LogP contribution in [0.15, 0.2) is 17.0 Å². The van der Waals surface area contributed by atoms with E-state index in [9.17, 15) is 8.42 Å². The van der Waals surface area contributed by atoms with Crippen molar-refractivity contribution in [3.63, 3.8) is 0 Å². The van der Waals surface area contributed by atoms with E-state index in [0.29, 0.717) is 6.61 Å². The molecule has 0 saturated carbocycles. The quantitative estimate of drug-likeness (QED) is 0.578. The number of benzene rings is 1. The number of anilines is 1. The van der Waals surface area contributed by atoms with E-state index in [1.165, 1.54) is 12.1 Å². The number of hydrogen-bond acceptors (Lipinski definition) is 6. The third-order valence-electron chi connectivity index (χ3n) is 2.55. The highest BCUT2D eigenvalue weighted by Gasteiger charge is 2.21. The first kappa shape index (κ1) is 16.6. The van der Waals surface area contributed by atoms with Gasteiger partial charge in [0, 0.05) is 0 Å². The Morgan fingerprint density at radius 1 is 1.40 bits per heavy atom. The Morgan fingerprint density at radius 2 is 2.10 bits per heavy atom. The largest absolute Gasteiger partial charge is 0.492 e. The van der Waals surface area contributed by atoms with Crippen molar-refractivity contribution in [2.75, 3.05) is 24.3 Å². The van der Waals surface area contributed by atoms with Gasteiger partial charge in [-0.2, -0.15) is 17.0 Å². The highest BCUT2D eigenvalue weighted by molar-refractivity contribution is 7.98. The lowest BCUT2D eigenvalue weighted by Crippen LogP contribution is -2.17. The zero-order chi connectivity index (χ0) is 15.2. The number of ether oxygens (including phenoxy) is 1. The van der Waals surface area contributed by atoms with Crippen molar-refractivity contribution >= 4 is 27.5 Å². The van der Waals surface area contributed by atoms with E-state index >= 15 is 0 Å². The van der Waals surface area contributed by atoms with E-state index in [0.717, 1.165) is 18.6 Å². The highest BCUT2D eigenvalue weighted by Crippen LogP contribution is 2.29. The van der Waals surface area contributed by atoms with Crippen molar-refractivity contribution in [2.45, 2.75) is 17.7 Å². The van der Waals surface area contributed by atoms with Crippen LogP contribution in [0.25, 0.3) is 0 Å². The summed E-state index contributed by atoms with van der Waals surface area (Å²) in [5.41, 5.74) is 5.38.